The number of aryl methyl sites for hydroxylation is 1. The number of carbonyl (C=O) groups is 1. The highest BCUT2D eigenvalue weighted by atomic mass is 16.2. The molecule has 0 saturated heterocycles. The first-order valence-electron chi connectivity index (χ1n) is 11.1. The van der Waals surface area contributed by atoms with Gasteiger partial charge in [0, 0.05) is 53.2 Å². The molecule has 0 radical (unpaired) electrons. The number of fused-ring (bicyclic) bond motifs is 1. The lowest BCUT2D eigenvalue weighted by Crippen LogP contribution is -2.31. The zero-order chi connectivity index (χ0) is 23.7. The van der Waals surface area contributed by atoms with Crippen LogP contribution < -0.4 is 10.6 Å². The summed E-state index contributed by atoms with van der Waals surface area (Å²) in [7, 11) is 1.90. The van der Waals surface area contributed by atoms with Crippen LogP contribution in [0.15, 0.2) is 73.2 Å². The Bertz CT molecular complexity index is 1450. The van der Waals surface area contributed by atoms with E-state index in [1.165, 1.54) is 0 Å². The van der Waals surface area contributed by atoms with Crippen molar-refractivity contribution in [3.05, 3.63) is 78.9 Å². The van der Waals surface area contributed by atoms with Gasteiger partial charge in [0.25, 0.3) is 5.91 Å². The molecule has 3 aromatic heterocycles. The van der Waals surface area contributed by atoms with E-state index in [0.717, 1.165) is 33.3 Å². The van der Waals surface area contributed by atoms with Crippen molar-refractivity contribution in [3.8, 4) is 22.5 Å². The van der Waals surface area contributed by atoms with E-state index in [9.17, 15) is 4.79 Å². The highest BCUT2D eigenvalue weighted by Gasteiger charge is 2.15. The average molecular weight is 452 g/mol. The molecule has 8 heteroatoms. The lowest BCUT2D eigenvalue weighted by molar-refractivity contribution is 0.0935. The van der Waals surface area contributed by atoms with Gasteiger partial charge in [-0.05, 0) is 49.7 Å². The van der Waals surface area contributed by atoms with Crippen LogP contribution in [0.1, 0.15) is 24.3 Å². The third kappa shape index (κ3) is 4.25. The Morgan fingerprint density at radius 3 is 2.53 bits per heavy atom. The first kappa shape index (κ1) is 21.4. The van der Waals surface area contributed by atoms with Crippen LogP contribution in [0.5, 0.6) is 0 Å². The molecule has 0 atom stereocenters. The van der Waals surface area contributed by atoms with Crippen LogP contribution in [0.4, 0.5) is 11.5 Å². The maximum Gasteiger partial charge on any atom is 0.268 e. The largest absolute Gasteiger partial charge is 0.349 e. The fourth-order valence-electron chi connectivity index (χ4n) is 3.89. The number of carbonyl (C=O) groups excluding carboxylic acids is 1. The highest BCUT2D eigenvalue weighted by Crippen LogP contribution is 2.26. The topological polar surface area (TPSA) is 101 Å². The van der Waals surface area contributed by atoms with E-state index in [1.54, 1.807) is 12.4 Å². The van der Waals surface area contributed by atoms with Gasteiger partial charge >= 0.3 is 0 Å². The lowest BCUT2D eigenvalue weighted by Gasteiger charge is -2.09. The third-order valence-corrected chi connectivity index (χ3v) is 5.60. The smallest absolute Gasteiger partial charge is 0.268 e. The summed E-state index contributed by atoms with van der Waals surface area (Å²) in [4.78, 5) is 21.7. The SMILES string of the molecule is CC(C)NC(=O)c1cc2ccc(-c3nccc(Nc4ccc(-c5cn[nH]c5)cc4)n3)cc2n1C. The molecule has 0 aliphatic carbocycles. The summed E-state index contributed by atoms with van der Waals surface area (Å²) < 4.78 is 1.90. The van der Waals surface area contributed by atoms with Crippen LogP contribution >= 0.6 is 0 Å². The zero-order valence-corrected chi connectivity index (χ0v) is 19.2. The Hall–Kier alpha value is -4.46. The molecule has 0 aliphatic heterocycles. The van der Waals surface area contributed by atoms with E-state index in [1.807, 2.05) is 86.3 Å². The Balaban J connectivity index is 1.40. The predicted molar refractivity (Wildman–Crippen MR) is 134 cm³/mol. The second-order valence-corrected chi connectivity index (χ2v) is 8.45. The van der Waals surface area contributed by atoms with Crippen LogP contribution in [-0.2, 0) is 7.05 Å². The Kier molecular flexibility index (Phi) is 5.55. The Morgan fingerprint density at radius 1 is 1.00 bits per heavy atom. The number of aromatic nitrogens is 5. The summed E-state index contributed by atoms with van der Waals surface area (Å²) in [6, 6.07) is 17.9. The van der Waals surface area contributed by atoms with Gasteiger partial charge in [-0.2, -0.15) is 5.10 Å². The number of aromatic amines is 1. The molecular weight excluding hydrogens is 426 g/mol. The van der Waals surface area contributed by atoms with E-state index in [2.05, 4.69) is 25.8 Å². The van der Waals surface area contributed by atoms with Gasteiger partial charge in [0.05, 0.1) is 6.20 Å². The first-order valence-corrected chi connectivity index (χ1v) is 11.1. The van der Waals surface area contributed by atoms with E-state index in [0.29, 0.717) is 17.3 Å². The fraction of sp³-hybridized carbons (Fsp3) is 0.154. The minimum absolute atomic E-state index is 0.0755. The number of hydrogen-bond donors (Lipinski definition) is 3. The van der Waals surface area contributed by atoms with Crippen LogP contribution in [0.3, 0.4) is 0 Å². The molecule has 2 aromatic carbocycles. The molecule has 3 heterocycles. The summed E-state index contributed by atoms with van der Waals surface area (Å²) >= 11 is 0. The fourth-order valence-corrected chi connectivity index (χ4v) is 3.89. The molecule has 5 aromatic rings. The van der Waals surface area contributed by atoms with Gasteiger partial charge in [-0.25, -0.2) is 9.97 Å². The number of rotatable bonds is 6. The van der Waals surface area contributed by atoms with Gasteiger partial charge in [0.1, 0.15) is 11.5 Å². The number of benzene rings is 2. The Morgan fingerprint density at radius 2 is 1.79 bits per heavy atom. The number of H-pyrrole nitrogens is 1. The molecule has 8 nitrogen and oxygen atoms in total. The maximum absolute atomic E-state index is 12.5. The van der Waals surface area contributed by atoms with Gasteiger partial charge in [-0.3, -0.25) is 9.89 Å². The van der Waals surface area contributed by atoms with Crippen molar-refractivity contribution in [3.63, 3.8) is 0 Å². The van der Waals surface area contributed by atoms with Crippen molar-refractivity contribution in [2.24, 2.45) is 7.05 Å². The molecule has 0 spiro atoms. The minimum Gasteiger partial charge on any atom is -0.349 e. The van der Waals surface area contributed by atoms with Gasteiger partial charge < -0.3 is 15.2 Å². The van der Waals surface area contributed by atoms with E-state index in [4.69, 9.17) is 4.98 Å². The monoisotopic (exact) mass is 451 g/mol. The molecule has 5 rings (SSSR count). The van der Waals surface area contributed by atoms with Gasteiger partial charge in [-0.15, -0.1) is 0 Å². The molecular formula is C26H25N7O. The second kappa shape index (κ2) is 8.82. The number of hydrogen-bond acceptors (Lipinski definition) is 5. The van der Waals surface area contributed by atoms with E-state index < -0.39 is 0 Å². The summed E-state index contributed by atoms with van der Waals surface area (Å²) in [6.45, 7) is 3.90. The Labute approximate surface area is 197 Å². The molecule has 0 fully saturated rings. The van der Waals surface area contributed by atoms with Gasteiger partial charge in [-0.1, -0.05) is 24.3 Å². The number of amides is 1. The van der Waals surface area contributed by atoms with Crippen LogP contribution in [0, 0.1) is 0 Å². The molecule has 3 N–H and O–H groups in total. The van der Waals surface area contributed by atoms with E-state index >= 15 is 0 Å². The molecule has 1 amide bonds. The average Bonchev–Trinajstić information content (AvgIpc) is 3.48. The molecule has 0 saturated carbocycles. The first-order chi connectivity index (χ1) is 16.5. The molecule has 0 unspecified atom stereocenters. The summed E-state index contributed by atoms with van der Waals surface area (Å²) in [6.07, 6.45) is 5.39. The standard InChI is InChI=1S/C26H25N7O/c1-16(2)30-26(34)23-12-18-4-5-19(13-22(18)33(23)3)25-27-11-10-24(32-25)31-21-8-6-17(7-9-21)20-14-28-29-15-20/h4-16H,1-3H3,(H,28,29)(H,30,34)(H,27,31,32). The molecule has 0 aliphatic rings. The van der Waals surface area contributed by atoms with Crippen molar-refractivity contribution in [1.82, 2.24) is 30.0 Å². The summed E-state index contributed by atoms with van der Waals surface area (Å²) in [5.41, 5.74) is 5.50. The minimum atomic E-state index is -0.0866. The van der Waals surface area contributed by atoms with Crippen molar-refractivity contribution < 1.29 is 4.79 Å². The number of anilines is 2. The van der Waals surface area contributed by atoms with Crippen LogP contribution in [-0.4, -0.2) is 36.7 Å². The molecule has 34 heavy (non-hydrogen) atoms. The second-order valence-electron chi connectivity index (χ2n) is 8.45. The van der Waals surface area contributed by atoms with Crippen molar-refractivity contribution in [2.75, 3.05) is 5.32 Å². The third-order valence-electron chi connectivity index (χ3n) is 5.60. The van der Waals surface area contributed by atoms with Crippen molar-refractivity contribution >= 4 is 28.3 Å². The highest BCUT2D eigenvalue weighted by molar-refractivity contribution is 5.99. The predicted octanol–water partition coefficient (Wildman–Crippen LogP) is 4.91. The van der Waals surface area contributed by atoms with Gasteiger partial charge in [0.15, 0.2) is 5.82 Å². The van der Waals surface area contributed by atoms with Crippen LogP contribution in [0.25, 0.3) is 33.4 Å². The summed E-state index contributed by atoms with van der Waals surface area (Å²) in [5, 5.41) is 14.1. The zero-order valence-electron chi connectivity index (χ0n) is 19.2. The lowest BCUT2D eigenvalue weighted by atomic mass is 10.1. The maximum atomic E-state index is 12.5. The quantitative estimate of drug-likeness (QED) is 0.341. The van der Waals surface area contributed by atoms with Crippen molar-refractivity contribution in [2.45, 2.75) is 19.9 Å². The number of nitrogens with one attached hydrogen (secondary N) is 3. The van der Waals surface area contributed by atoms with Crippen LogP contribution in [0.2, 0.25) is 0 Å². The van der Waals surface area contributed by atoms with E-state index in [-0.39, 0.29) is 11.9 Å². The van der Waals surface area contributed by atoms with Crippen molar-refractivity contribution in [1.29, 1.82) is 0 Å². The van der Waals surface area contributed by atoms with Gasteiger partial charge in [0.2, 0.25) is 0 Å². The summed E-state index contributed by atoms with van der Waals surface area (Å²) in [5.74, 6) is 1.22. The number of nitrogens with zero attached hydrogens (tertiary/aromatic N) is 4. The molecule has 0 bridgehead atoms. The normalized spacial score (nSPS) is 11.2. The molecule has 170 valence electrons.